The van der Waals surface area contributed by atoms with E-state index in [1.165, 1.54) is 60.8 Å². The van der Waals surface area contributed by atoms with Crippen LogP contribution in [0.5, 0.6) is 28.7 Å². The number of hydrogen-bond donors (Lipinski definition) is 1. The normalized spacial score (nSPS) is 11.1. The average molecular weight is 469 g/mol. The van der Waals surface area contributed by atoms with Crippen LogP contribution in [0.3, 0.4) is 0 Å². The standard InChI is InChI=1S/C21H28N2O8S/c1-23(32(25,26)15-7-8-16(27-2)17(11-15)28-3)13-20(24)22-12-14-9-18(29-4)21(31-6)19(10-14)30-5/h7-11H,12-13H2,1-6H3,(H,22,24). The number of rotatable bonds is 11. The molecular formula is C21H28N2O8S. The molecule has 176 valence electrons. The number of carbonyl (C=O) groups excluding carboxylic acids is 1. The minimum atomic E-state index is -3.92. The zero-order valence-electron chi connectivity index (χ0n) is 18.9. The number of hydrogen-bond acceptors (Lipinski definition) is 8. The van der Waals surface area contributed by atoms with Crippen molar-refractivity contribution in [2.45, 2.75) is 11.4 Å². The first-order valence-corrected chi connectivity index (χ1v) is 10.9. The summed E-state index contributed by atoms with van der Waals surface area (Å²) < 4.78 is 52.8. The molecule has 0 fully saturated rings. The Morgan fingerprint density at radius 3 is 1.91 bits per heavy atom. The molecule has 2 aromatic rings. The van der Waals surface area contributed by atoms with E-state index in [1.807, 2.05) is 0 Å². The number of carbonyl (C=O) groups is 1. The van der Waals surface area contributed by atoms with Crippen molar-refractivity contribution in [3.63, 3.8) is 0 Å². The van der Waals surface area contributed by atoms with Crippen molar-refractivity contribution in [1.82, 2.24) is 9.62 Å². The molecule has 1 N–H and O–H groups in total. The van der Waals surface area contributed by atoms with Gasteiger partial charge in [-0.2, -0.15) is 4.31 Å². The van der Waals surface area contributed by atoms with Crippen LogP contribution in [-0.2, 0) is 21.4 Å². The van der Waals surface area contributed by atoms with Gasteiger partial charge < -0.3 is 29.0 Å². The molecule has 0 radical (unpaired) electrons. The Morgan fingerprint density at radius 2 is 1.41 bits per heavy atom. The maximum Gasteiger partial charge on any atom is 0.243 e. The van der Waals surface area contributed by atoms with Gasteiger partial charge in [0.1, 0.15) is 0 Å². The highest BCUT2D eigenvalue weighted by atomic mass is 32.2. The van der Waals surface area contributed by atoms with Crippen LogP contribution in [0.4, 0.5) is 0 Å². The molecule has 0 atom stereocenters. The summed E-state index contributed by atoms with van der Waals surface area (Å²) in [6, 6.07) is 7.63. The minimum absolute atomic E-state index is 0.0184. The summed E-state index contributed by atoms with van der Waals surface area (Å²) in [5.41, 5.74) is 0.693. The molecule has 2 aromatic carbocycles. The maximum atomic E-state index is 12.8. The number of amides is 1. The highest BCUT2D eigenvalue weighted by molar-refractivity contribution is 7.89. The molecule has 0 aromatic heterocycles. The topological polar surface area (TPSA) is 113 Å². The lowest BCUT2D eigenvalue weighted by Crippen LogP contribution is -2.38. The van der Waals surface area contributed by atoms with Gasteiger partial charge in [-0.25, -0.2) is 8.42 Å². The fourth-order valence-corrected chi connectivity index (χ4v) is 4.08. The first kappa shape index (κ1) is 25.1. The summed E-state index contributed by atoms with van der Waals surface area (Å²) in [6.45, 7) is -0.235. The monoisotopic (exact) mass is 468 g/mol. The third-order valence-corrected chi connectivity index (χ3v) is 6.44. The van der Waals surface area contributed by atoms with Gasteiger partial charge in [-0.15, -0.1) is 0 Å². The maximum absolute atomic E-state index is 12.8. The number of benzene rings is 2. The summed E-state index contributed by atoms with van der Waals surface area (Å²) in [5.74, 6) is 1.52. The van der Waals surface area contributed by atoms with E-state index in [1.54, 1.807) is 12.1 Å². The second-order valence-electron chi connectivity index (χ2n) is 6.59. The van der Waals surface area contributed by atoms with Crippen molar-refractivity contribution < 1.29 is 36.9 Å². The van der Waals surface area contributed by atoms with Crippen LogP contribution < -0.4 is 29.0 Å². The Morgan fingerprint density at radius 1 is 0.844 bits per heavy atom. The van der Waals surface area contributed by atoms with Crippen LogP contribution in [0, 0.1) is 0 Å². The highest BCUT2D eigenvalue weighted by Crippen LogP contribution is 2.38. The Hall–Kier alpha value is -3.18. The van der Waals surface area contributed by atoms with Gasteiger partial charge in [0.25, 0.3) is 0 Å². The molecule has 1 amide bonds. The van der Waals surface area contributed by atoms with Crippen LogP contribution in [0.15, 0.2) is 35.2 Å². The molecule has 0 aliphatic carbocycles. The third kappa shape index (κ3) is 5.54. The van der Waals surface area contributed by atoms with Gasteiger partial charge in [0.05, 0.1) is 47.0 Å². The quantitative estimate of drug-likeness (QED) is 0.530. The molecular weight excluding hydrogens is 440 g/mol. The largest absolute Gasteiger partial charge is 0.493 e. The molecule has 11 heteroatoms. The predicted molar refractivity (Wildman–Crippen MR) is 117 cm³/mol. The van der Waals surface area contributed by atoms with E-state index in [-0.39, 0.29) is 23.7 Å². The fourth-order valence-electron chi connectivity index (χ4n) is 2.94. The molecule has 0 heterocycles. The van der Waals surface area contributed by atoms with Gasteiger partial charge in [0, 0.05) is 19.7 Å². The van der Waals surface area contributed by atoms with Crippen LogP contribution in [0.25, 0.3) is 0 Å². The summed E-state index contributed by atoms with van der Waals surface area (Å²) in [4.78, 5) is 12.4. The Balaban J connectivity index is 2.10. The van der Waals surface area contributed by atoms with E-state index >= 15 is 0 Å². The number of nitrogens with one attached hydrogen (secondary N) is 1. The first-order chi connectivity index (χ1) is 15.2. The lowest BCUT2D eigenvalue weighted by atomic mass is 10.1. The van der Waals surface area contributed by atoms with Gasteiger partial charge in [-0.05, 0) is 29.8 Å². The van der Waals surface area contributed by atoms with Gasteiger partial charge >= 0.3 is 0 Å². The lowest BCUT2D eigenvalue weighted by Gasteiger charge is -2.18. The smallest absolute Gasteiger partial charge is 0.243 e. The second-order valence-corrected chi connectivity index (χ2v) is 8.63. The molecule has 2 rings (SSSR count). The van der Waals surface area contributed by atoms with E-state index in [0.717, 1.165) is 4.31 Å². The number of ether oxygens (including phenoxy) is 5. The zero-order valence-corrected chi connectivity index (χ0v) is 19.7. The van der Waals surface area contributed by atoms with Crippen molar-refractivity contribution in [2.75, 3.05) is 49.1 Å². The molecule has 0 aliphatic rings. The molecule has 32 heavy (non-hydrogen) atoms. The lowest BCUT2D eigenvalue weighted by molar-refractivity contribution is -0.121. The Bertz CT molecular complexity index is 1030. The van der Waals surface area contributed by atoms with Gasteiger partial charge in [0.15, 0.2) is 23.0 Å². The van der Waals surface area contributed by atoms with E-state index in [0.29, 0.717) is 28.6 Å². The van der Waals surface area contributed by atoms with Gasteiger partial charge in [0.2, 0.25) is 21.7 Å². The van der Waals surface area contributed by atoms with Crippen LogP contribution in [0.1, 0.15) is 5.56 Å². The van der Waals surface area contributed by atoms with E-state index < -0.39 is 15.9 Å². The summed E-state index contributed by atoms with van der Waals surface area (Å²) in [7, 11) is 4.75. The molecule has 0 saturated heterocycles. The van der Waals surface area contributed by atoms with E-state index in [4.69, 9.17) is 23.7 Å². The SMILES string of the molecule is COc1ccc(S(=O)(=O)N(C)CC(=O)NCc2cc(OC)c(OC)c(OC)c2)cc1OC. The van der Waals surface area contributed by atoms with Gasteiger partial charge in [-0.1, -0.05) is 0 Å². The van der Waals surface area contributed by atoms with Gasteiger partial charge in [-0.3, -0.25) is 4.79 Å². The summed E-state index contributed by atoms with van der Waals surface area (Å²) in [5, 5.41) is 2.69. The molecule has 0 bridgehead atoms. The van der Waals surface area contributed by atoms with Crippen molar-refractivity contribution in [3.8, 4) is 28.7 Å². The molecule has 0 saturated carbocycles. The molecule has 0 spiro atoms. The van der Waals surface area contributed by atoms with Crippen molar-refractivity contribution in [3.05, 3.63) is 35.9 Å². The number of nitrogens with zero attached hydrogens (tertiary/aromatic N) is 1. The van der Waals surface area contributed by atoms with Crippen molar-refractivity contribution in [1.29, 1.82) is 0 Å². The number of likely N-dealkylation sites (N-methyl/N-ethyl adjacent to an activating group) is 1. The predicted octanol–water partition coefficient (Wildman–Crippen LogP) is 1.67. The first-order valence-electron chi connectivity index (χ1n) is 9.45. The van der Waals surface area contributed by atoms with Crippen LogP contribution in [-0.4, -0.2) is 67.8 Å². The molecule has 0 aliphatic heterocycles. The second kappa shape index (κ2) is 10.9. The average Bonchev–Trinajstić information content (AvgIpc) is 2.81. The highest BCUT2D eigenvalue weighted by Gasteiger charge is 2.24. The summed E-state index contributed by atoms with van der Waals surface area (Å²) >= 11 is 0. The fraction of sp³-hybridized carbons (Fsp3) is 0.381. The molecule has 0 unspecified atom stereocenters. The zero-order chi connectivity index (χ0) is 23.9. The number of methoxy groups -OCH3 is 5. The Labute approximate surface area is 188 Å². The minimum Gasteiger partial charge on any atom is -0.493 e. The number of sulfonamides is 1. The van der Waals surface area contributed by atoms with Crippen molar-refractivity contribution in [2.24, 2.45) is 0 Å². The molecule has 10 nitrogen and oxygen atoms in total. The van der Waals surface area contributed by atoms with Crippen LogP contribution >= 0.6 is 0 Å². The summed E-state index contributed by atoms with van der Waals surface area (Å²) in [6.07, 6.45) is 0. The van der Waals surface area contributed by atoms with Crippen molar-refractivity contribution >= 4 is 15.9 Å². The van der Waals surface area contributed by atoms with Crippen LogP contribution in [0.2, 0.25) is 0 Å². The third-order valence-electron chi connectivity index (χ3n) is 4.64. The van der Waals surface area contributed by atoms with E-state index in [2.05, 4.69) is 5.32 Å². The Kier molecular flexibility index (Phi) is 8.56. The van der Waals surface area contributed by atoms with E-state index in [9.17, 15) is 13.2 Å².